The van der Waals surface area contributed by atoms with Crippen molar-refractivity contribution in [1.29, 1.82) is 0 Å². The molecule has 0 radical (unpaired) electrons. The van der Waals surface area contributed by atoms with Gasteiger partial charge < -0.3 is 16.0 Å². The van der Waals surface area contributed by atoms with Crippen LogP contribution in [0.2, 0.25) is 0 Å². The lowest BCUT2D eigenvalue weighted by molar-refractivity contribution is 0.0953. The number of hydrogen-bond acceptors (Lipinski definition) is 7. The molecule has 1 amide bonds. The number of piperazine rings is 1. The standard InChI is InChI=1S/C25H32N6OS/c1-16-14-28-25(27-9-4-11-31-12-10-26-15-17(31)2)30-23(16)22-13-20-19(5-3-6-21(20)33-22)24(32)29-18-7-8-18/h3,5-6,13-14,17-18,26H,4,7-12,15H2,1-2H3,(H,29,32)(H,27,28,30). The molecule has 8 heteroatoms. The summed E-state index contributed by atoms with van der Waals surface area (Å²) in [6, 6.07) is 8.99. The third-order valence-electron chi connectivity index (χ3n) is 6.47. The van der Waals surface area contributed by atoms with Crippen LogP contribution in [-0.4, -0.2) is 65.6 Å². The fourth-order valence-corrected chi connectivity index (χ4v) is 5.48. The number of rotatable bonds is 8. The van der Waals surface area contributed by atoms with Crippen LogP contribution in [0.5, 0.6) is 0 Å². The van der Waals surface area contributed by atoms with Crippen molar-refractivity contribution in [1.82, 2.24) is 25.5 Å². The number of anilines is 1. The van der Waals surface area contributed by atoms with Gasteiger partial charge >= 0.3 is 0 Å². The largest absolute Gasteiger partial charge is 0.354 e. The molecule has 1 aliphatic heterocycles. The minimum atomic E-state index is 0.0213. The molecule has 3 aromatic rings. The zero-order chi connectivity index (χ0) is 22.8. The predicted octanol–water partition coefficient (Wildman–Crippen LogP) is 3.65. The van der Waals surface area contributed by atoms with E-state index in [0.717, 1.165) is 83.8 Å². The SMILES string of the molecule is Cc1cnc(NCCCN2CCNCC2C)nc1-c1cc2c(C(=O)NC3CC3)cccc2s1. The third kappa shape index (κ3) is 5.18. The van der Waals surface area contributed by atoms with Crippen LogP contribution in [0.3, 0.4) is 0 Å². The Morgan fingerprint density at radius 3 is 3.03 bits per heavy atom. The molecule has 1 aliphatic carbocycles. The molecule has 1 saturated carbocycles. The van der Waals surface area contributed by atoms with Gasteiger partial charge in [-0.15, -0.1) is 11.3 Å². The van der Waals surface area contributed by atoms with Crippen LogP contribution in [0.25, 0.3) is 20.7 Å². The van der Waals surface area contributed by atoms with E-state index in [1.165, 1.54) is 0 Å². The summed E-state index contributed by atoms with van der Waals surface area (Å²) in [7, 11) is 0. The van der Waals surface area contributed by atoms with Crippen molar-refractivity contribution in [3.8, 4) is 10.6 Å². The van der Waals surface area contributed by atoms with Crippen LogP contribution in [0.15, 0.2) is 30.5 Å². The van der Waals surface area contributed by atoms with Crippen molar-refractivity contribution >= 4 is 33.3 Å². The van der Waals surface area contributed by atoms with Crippen LogP contribution in [0.1, 0.15) is 42.1 Å². The van der Waals surface area contributed by atoms with Gasteiger partial charge in [0, 0.05) is 66.7 Å². The quantitative estimate of drug-likeness (QED) is 0.442. The summed E-state index contributed by atoms with van der Waals surface area (Å²) in [5.74, 6) is 0.682. The fourth-order valence-electron chi connectivity index (χ4n) is 4.34. The van der Waals surface area contributed by atoms with Crippen molar-refractivity contribution in [2.75, 3.05) is 38.0 Å². The molecule has 1 unspecified atom stereocenters. The maximum atomic E-state index is 12.7. The van der Waals surface area contributed by atoms with Gasteiger partial charge in [-0.1, -0.05) is 6.07 Å². The normalized spacial score (nSPS) is 19.0. The number of nitrogens with one attached hydrogen (secondary N) is 3. The Hall–Kier alpha value is -2.55. The van der Waals surface area contributed by atoms with Crippen molar-refractivity contribution < 1.29 is 4.79 Å². The van der Waals surface area contributed by atoms with Gasteiger partial charge in [0.25, 0.3) is 5.91 Å². The predicted molar refractivity (Wildman–Crippen MR) is 135 cm³/mol. The first kappa shape index (κ1) is 22.3. The first-order chi connectivity index (χ1) is 16.1. The van der Waals surface area contributed by atoms with E-state index in [9.17, 15) is 4.79 Å². The smallest absolute Gasteiger partial charge is 0.252 e. The van der Waals surface area contributed by atoms with Gasteiger partial charge in [0.15, 0.2) is 0 Å². The van der Waals surface area contributed by atoms with E-state index in [1.54, 1.807) is 11.3 Å². The Morgan fingerprint density at radius 1 is 1.33 bits per heavy atom. The molecule has 0 spiro atoms. The van der Waals surface area contributed by atoms with Gasteiger partial charge in [-0.05, 0) is 56.9 Å². The lowest BCUT2D eigenvalue weighted by Gasteiger charge is -2.33. The molecule has 1 saturated heterocycles. The summed E-state index contributed by atoms with van der Waals surface area (Å²) in [5, 5.41) is 10.9. The molecular weight excluding hydrogens is 432 g/mol. The van der Waals surface area contributed by atoms with Crippen molar-refractivity contribution in [3.05, 3.63) is 41.6 Å². The molecule has 0 bridgehead atoms. The Labute approximate surface area is 199 Å². The highest BCUT2D eigenvalue weighted by Gasteiger charge is 2.25. The van der Waals surface area contributed by atoms with E-state index in [2.05, 4.69) is 44.9 Å². The molecule has 3 heterocycles. The van der Waals surface area contributed by atoms with E-state index in [-0.39, 0.29) is 5.91 Å². The molecule has 174 valence electrons. The highest BCUT2D eigenvalue weighted by molar-refractivity contribution is 7.22. The number of amides is 1. The number of fused-ring (bicyclic) bond motifs is 1. The second-order valence-electron chi connectivity index (χ2n) is 9.17. The lowest BCUT2D eigenvalue weighted by Crippen LogP contribution is -2.50. The Bertz CT molecular complexity index is 1140. The Kier molecular flexibility index (Phi) is 6.57. The Balaban J connectivity index is 1.29. The summed E-state index contributed by atoms with van der Waals surface area (Å²) >= 11 is 1.68. The van der Waals surface area contributed by atoms with E-state index in [4.69, 9.17) is 4.98 Å². The average Bonchev–Trinajstić information content (AvgIpc) is 3.52. The van der Waals surface area contributed by atoms with Gasteiger partial charge in [0.05, 0.1) is 10.6 Å². The third-order valence-corrected chi connectivity index (χ3v) is 7.57. The van der Waals surface area contributed by atoms with Crippen molar-refractivity contribution in [2.45, 2.75) is 45.2 Å². The minimum Gasteiger partial charge on any atom is -0.354 e. The second kappa shape index (κ2) is 9.75. The van der Waals surface area contributed by atoms with Crippen LogP contribution < -0.4 is 16.0 Å². The van der Waals surface area contributed by atoms with Crippen LogP contribution in [0.4, 0.5) is 5.95 Å². The van der Waals surface area contributed by atoms with Gasteiger partial charge in [-0.25, -0.2) is 9.97 Å². The van der Waals surface area contributed by atoms with Gasteiger partial charge in [0.1, 0.15) is 0 Å². The van der Waals surface area contributed by atoms with Crippen LogP contribution in [0, 0.1) is 6.92 Å². The van der Waals surface area contributed by atoms with Gasteiger partial charge in [-0.2, -0.15) is 0 Å². The van der Waals surface area contributed by atoms with Crippen LogP contribution >= 0.6 is 11.3 Å². The van der Waals surface area contributed by atoms with E-state index in [1.807, 2.05) is 25.3 Å². The number of carbonyl (C=O) groups is 1. The lowest BCUT2D eigenvalue weighted by atomic mass is 10.1. The summed E-state index contributed by atoms with van der Waals surface area (Å²) < 4.78 is 1.10. The van der Waals surface area contributed by atoms with E-state index >= 15 is 0 Å². The molecule has 2 fully saturated rings. The average molecular weight is 465 g/mol. The van der Waals surface area contributed by atoms with Crippen molar-refractivity contribution in [2.24, 2.45) is 0 Å². The minimum absolute atomic E-state index is 0.0213. The number of aryl methyl sites for hydroxylation is 1. The number of nitrogens with zero attached hydrogens (tertiary/aromatic N) is 3. The number of benzene rings is 1. The fraction of sp³-hybridized carbons (Fsp3) is 0.480. The molecule has 5 rings (SSSR count). The van der Waals surface area contributed by atoms with Crippen molar-refractivity contribution in [3.63, 3.8) is 0 Å². The summed E-state index contributed by atoms with van der Waals surface area (Å²) in [4.78, 5) is 25.6. The topological polar surface area (TPSA) is 82.2 Å². The molecule has 1 atom stereocenters. The van der Waals surface area contributed by atoms with E-state index in [0.29, 0.717) is 18.0 Å². The molecule has 1 aromatic carbocycles. The molecule has 2 aliphatic rings. The summed E-state index contributed by atoms with van der Waals surface area (Å²) in [6.45, 7) is 9.49. The number of carbonyl (C=O) groups excluding carboxylic acids is 1. The summed E-state index contributed by atoms with van der Waals surface area (Å²) in [5.41, 5.74) is 2.71. The maximum absolute atomic E-state index is 12.7. The van der Waals surface area contributed by atoms with Gasteiger partial charge in [-0.3, -0.25) is 9.69 Å². The highest BCUT2D eigenvalue weighted by atomic mass is 32.1. The van der Waals surface area contributed by atoms with Gasteiger partial charge in [0.2, 0.25) is 5.95 Å². The molecule has 33 heavy (non-hydrogen) atoms. The van der Waals surface area contributed by atoms with E-state index < -0.39 is 0 Å². The number of aromatic nitrogens is 2. The second-order valence-corrected chi connectivity index (χ2v) is 10.3. The molecular formula is C25H32N6OS. The Morgan fingerprint density at radius 2 is 2.21 bits per heavy atom. The zero-order valence-electron chi connectivity index (χ0n) is 19.4. The first-order valence-electron chi connectivity index (χ1n) is 11.9. The first-order valence-corrected chi connectivity index (χ1v) is 12.8. The monoisotopic (exact) mass is 464 g/mol. The molecule has 2 aromatic heterocycles. The van der Waals surface area contributed by atoms with Crippen LogP contribution in [-0.2, 0) is 0 Å². The number of hydrogen-bond donors (Lipinski definition) is 3. The zero-order valence-corrected chi connectivity index (χ0v) is 20.2. The molecule has 7 nitrogen and oxygen atoms in total. The maximum Gasteiger partial charge on any atom is 0.252 e. The summed E-state index contributed by atoms with van der Waals surface area (Å²) in [6.07, 6.45) is 5.11. The number of thiophene rings is 1. The molecule has 3 N–H and O–H groups in total. The highest BCUT2D eigenvalue weighted by Crippen LogP contribution is 2.36.